The summed E-state index contributed by atoms with van der Waals surface area (Å²) < 4.78 is 6.00. The third-order valence-electron chi connectivity index (χ3n) is 2.41. The van der Waals surface area contributed by atoms with E-state index < -0.39 is 18.0 Å². The Balaban J connectivity index is 2.95. The minimum atomic E-state index is -1.18. The number of hydrogen-bond donors (Lipinski definition) is 1. The van der Waals surface area contributed by atoms with Gasteiger partial charge in [0.2, 0.25) is 0 Å². The van der Waals surface area contributed by atoms with Crippen LogP contribution >= 0.6 is 0 Å². The average Bonchev–Trinajstić information content (AvgIpc) is 2.31. The summed E-state index contributed by atoms with van der Waals surface area (Å²) in [5.41, 5.74) is -0.320. The highest BCUT2D eigenvalue weighted by atomic mass is 16.5. The zero-order valence-corrected chi connectivity index (χ0v) is 9.28. The van der Waals surface area contributed by atoms with Crippen molar-refractivity contribution in [2.24, 2.45) is 5.92 Å². The number of ether oxygens (including phenoxy) is 1. The number of carboxylic acids is 1. The molecule has 0 bridgehead atoms. The number of carboxylic acid groups (broad SMARTS) is 1. The van der Waals surface area contributed by atoms with Crippen molar-refractivity contribution in [3.05, 3.63) is 34.7 Å². The fourth-order valence-corrected chi connectivity index (χ4v) is 1.46. The standard InChI is InChI=1S/C11H13NO5/c1-17-9(7-13)8(11(15)16)6-12-5-3-2-4-10(12)14/h2-5,7-9H,6H2,1H3,(H,15,16). The van der Waals surface area contributed by atoms with E-state index in [1.54, 1.807) is 12.1 Å². The highest BCUT2D eigenvalue weighted by Crippen LogP contribution is 2.08. The molecule has 0 spiro atoms. The van der Waals surface area contributed by atoms with E-state index in [0.717, 1.165) is 0 Å². The van der Waals surface area contributed by atoms with E-state index in [1.165, 1.54) is 23.9 Å². The number of rotatable bonds is 6. The molecule has 0 aliphatic carbocycles. The summed E-state index contributed by atoms with van der Waals surface area (Å²) in [5.74, 6) is -2.27. The highest BCUT2D eigenvalue weighted by Gasteiger charge is 2.28. The number of carbonyl (C=O) groups excluding carboxylic acids is 1. The van der Waals surface area contributed by atoms with Crippen molar-refractivity contribution in [2.45, 2.75) is 12.6 Å². The number of methoxy groups -OCH3 is 1. The molecule has 6 heteroatoms. The molecule has 0 fully saturated rings. The van der Waals surface area contributed by atoms with Gasteiger partial charge in [-0.15, -0.1) is 0 Å². The predicted octanol–water partition coefficient (Wildman–Crippen LogP) is -0.237. The first-order valence-corrected chi connectivity index (χ1v) is 4.96. The molecule has 1 rings (SSSR count). The first-order chi connectivity index (χ1) is 8.10. The second kappa shape index (κ2) is 5.95. The molecular formula is C11H13NO5. The zero-order chi connectivity index (χ0) is 12.8. The van der Waals surface area contributed by atoms with Gasteiger partial charge in [-0.25, -0.2) is 0 Å². The van der Waals surface area contributed by atoms with Crippen LogP contribution in [-0.4, -0.2) is 35.1 Å². The molecule has 0 aliphatic rings. The van der Waals surface area contributed by atoms with E-state index in [9.17, 15) is 14.4 Å². The van der Waals surface area contributed by atoms with Crippen molar-refractivity contribution < 1.29 is 19.4 Å². The van der Waals surface area contributed by atoms with Crippen molar-refractivity contribution in [2.75, 3.05) is 7.11 Å². The van der Waals surface area contributed by atoms with Crippen LogP contribution in [0.2, 0.25) is 0 Å². The molecule has 2 atom stereocenters. The molecule has 0 saturated heterocycles. The Morgan fingerprint density at radius 2 is 2.29 bits per heavy atom. The lowest BCUT2D eigenvalue weighted by atomic mass is 10.0. The molecule has 2 unspecified atom stereocenters. The number of nitrogens with zero attached hydrogens (tertiary/aromatic N) is 1. The molecule has 1 aromatic rings. The third-order valence-corrected chi connectivity index (χ3v) is 2.41. The summed E-state index contributed by atoms with van der Waals surface area (Å²) >= 11 is 0. The topological polar surface area (TPSA) is 85.6 Å². The van der Waals surface area contributed by atoms with Crippen LogP contribution in [-0.2, 0) is 20.9 Å². The molecule has 92 valence electrons. The second-order valence-corrected chi connectivity index (χ2v) is 3.47. The minimum Gasteiger partial charge on any atom is -0.481 e. The zero-order valence-electron chi connectivity index (χ0n) is 9.28. The third kappa shape index (κ3) is 3.25. The van der Waals surface area contributed by atoms with Crippen LogP contribution in [0.3, 0.4) is 0 Å². The number of carbonyl (C=O) groups is 2. The number of aromatic nitrogens is 1. The number of aldehydes is 1. The molecule has 1 heterocycles. The first kappa shape index (κ1) is 13.1. The maximum atomic E-state index is 11.4. The lowest BCUT2D eigenvalue weighted by molar-refractivity contribution is -0.149. The fourth-order valence-electron chi connectivity index (χ4n) is 1.46. The van der Waals surface area contributed by atoms with Crippen LogP contribution in [0.1, 0.15) is 0 Å². The van der Waals surface area contributed by atoms with Crippen LogP contribution in [0.25, 0.3) is 0 Å². The molecule has 0 amide bonds. The van der Waals surface area contributed by atoms with E-state index in [1.807, 2.05) is 0 Å². The van der Waals surface area contributed by atoms with Gasteiger partial charge in [-0.2, -0.15) is 0 Å². The monoisotopic (exact) mass is 239 g/mol. The van der Waals surface area contributed by atoms with Gasteiger partial charge in [-0.1, -0.05) is 6.07 Å². The van der Waals surface area contributed by atoms with Gasteiger partial charge in [0.1, 0.15) is 18.3 Å². The van der Waals surface area contributed by atoms with Gasteiger partial charge in [0.25, 0.3) is 5.56 Å². The SMILES string of the molecule is COC(C=O)C(Cn1ccccc1=O)C(=O)O. The molecule has 0 saturated carbocycles. The van der Waals surface area contributed by atoms with Gasteiger partial charge in [0.15, 0.2) is 0 Å². The van der Waals surface area contributed by atoms with Crippen LogP contribution in [0.15, 0.2) is 29.2 Å². The lowest BCUT2D eigenvalue weighted by Crippen LogP contribution is -2.37. The van der Waals surface area contributed by atoms with E-state index in [0.29, 0.717) is 6.29 Å². The van der Waals surface area contributed by atoms with Crippen molar-refractivity contribution in [1.29, 1.82) is 0 Å². The van der Waals surface area contributed by atoms with Gasteiger partial charge >= 0.3 is 5.97 Å². The van der Waals surface area contributed by atoms with Gasteiger partial charge < -0.3 is 19.2 Å². The predicted molar refractivity (Wildman–Crippen MR) is 58.7 cm³/mol. The molecule has 0 radical (unpaired) electrons. The van der Waals surface area contributed by atoms with E-state index in [-0.39, 0.29) is 12.1 Å². The normalized spacial score (nSPS) is 13.9. The summed E-state index contributed by atoms with van der Waals surface area (Å²) in [5, 5.41) is 9.00. The van der Waals surface area contributed by atoms with Gasteiger partial charge in [0.05, 0.1) is 0 Å². The Kier molecular flexibility index (Phi) is 4.59. The van der Waals surface area contributed by atoms with Crippen molar-refractivity contribution >= 4 is 12.3 Å². The molecule has 0 aliphatic heterocycles. The van der Waals surface area contributed by atoms with E-state index in [4.69, 9.17) is 9.84 Å². The van der Waals surface area contributed by atoms with Crippen LogP contribution < -0.4 is 5.56 Å². The lowest BCUT2D eigenvalue weighted by Gasteiger charge is -2.18. The molecule has 1 N–H and O–H groups in total. The summed E-state index contributed by atoms with van der Waals surface area (Å²) in [6.07, 6.45) is 0.822. The maximum absolute atomic E-state index is 11.4. The first-order valence-electron chi connectivity index (χ1n) is 4.96. The Bertz CT molecular complexity index is 453. The van der Waals surface area contributed by atoms with Crippen molar-refractivity contribution in [1.82, 2.24) is 4.57 Å². The number of pyridine rings is 1. The molecule has 17 heavy (non-hydrogen) atoms. The van der Waals surface area contributed by atoms with Crippen LogP contribution in [0, 0.1) is 5.92 Å². The Morgan fingerprint density at radius 3 is 2.76 bits per heavy atom. The summed E-state index contributed by atoms with van der Waals surface area (Å²) in [6.45, 7) is -0.105. The fraction of sp³-hybridized carbons (Fsp3) is 0.364. The summed E-state index contributed by atoms with van der Waals surface area (Å²) in [4.78, 5) is 33.1. The largest absolute Gasteiger partial charge is 0.481 e. The minimum absolute atomic E-state index is 0.105. The average molecular weight is 239 g/mol. The van der Waals surface area contributed by atoms with Gasteiger partial charge in [-0.05, 0) is 6.07 Å². The van der Waals surface area contributed by atoms with Crippen LogP contribution in [0.4, 0.5) is 0 Å². The summed E-state index contributed by atoms with van der Waals surface area (Å²) in [6, 6.07) is 4.49. The molecule has 0 aromatic carbocycles. The Morgan fingerprint density at radius 1 is 1.59 bits per heavy atom. The smallest absolute Gasteiger partial charge is 0.311 e. The molecular weight excluding hydrogens is 226 g/mol. The number of hydrogen-bond acceptors (Lipinski definition) is 4. The molecule has 6 nitrogen and oxygen atoms in total. The second-order valence-electron chi connectivity index (χ2n) is 3.47. The Labute approximate surface area is 97.4 Å². The van der Waals surface area contributed by atoms with Gasteiger partial charge in [0, 0.05) is 25.9 Å². The maximum Gasteiger partial charge on any atom is 0.311 e. The van der Waals surface area contributed by atoms with Crippen LogP contribution in [0.5, 0.6) is 0 Å². The van der Waals surface area contributed by atoms with Crippen molar-refractivity contribution in [3.63, 3.8) is 0 Å². The van der Waals surface area contributed by atoms with E-state index in [2.05, 4.69) is 0 Å². The Hall–Kier alpha value is -1.95. The van der Waals surface area contributed by atoms with Gasteiger partial charge in [-0.3, -0.25) is 9.59 Å². The summed E-state index contributed by atoms with van der Waals surface area (Å²) in [7, 11) is 1.25. The highest BCUT2D eigenvalue weighted by molar-refractivity contribution is 5.76. The van der Waals surface area contributed by atoms with E-state index >= 15 is 0 Å². The van der Waals surface area contributed by atoms with Crippen molar-refractivity contribution in [3.8, 4) is 0 Å². The number of aliphatic carboxylic acids is 1. The quantitative estimate of drug-likeness (QED) is 0.692. The molecule has 1 aromatic heterocycles.